The van der Waals surface area contributed by atoms with Crippen molar-refractivity contribution in [3.05, 3.63) is 0 Å². The van der Waals surface area contributed by atoms with Crippen molar-refractivity contribution >= 4 is 11.9 Å². The first-order chi connectivity index (χ1) is 5.66. The van der Waals surface area contributed by atoms with Gasteiger partial charge in [0.05, 0.1) is 6.54 Å². The van der Waals surface area contributed by atoms with Gasteiger partial charge < -0.3 is 16.2 Å². The number of hydrogen-bond acceptors (Lipinski definition) is 3. The lowest BCUT2D eigenvalue weighted by molar-refractivity contribution is -0.137. The molecule has 0 heterocycles. The Hall–Kier alpha value is -1.10. The predicted molar refractivity (Wildman–Crippen MR) is 43.6 cm³/mol. The number of rotatable bonds is 6. The van der Waals surface area contributed by atoms with Gasteiger partial charge in [-0.15, -0.1) is 0 Å². The zero-order valence-corrected chi connectivity index (χ0v) is 6.88. The van der Waals surface area contributed by atoms with Gasteiger partial charge in [0.25, 0.3) is 0 Å². The summed E-state index contributed by atoms with van der Waals surface area (Å²) in [5.74, 6) is -1.01. The van der Waals surface area contributed by atoms with Gasteiger partial charge in [-0.3, -0.25) is 9.59 Å². The van der Waals surface area contributed by atoms with Crippen molar-refractivity contribution in [1.82, 2.24) is 5.32 Å². The maximum Gasteiger partial charge on any atom is 0.303 e. The van der Waals surface area contributed by atoms with E-state index in [4.69, 9.17) is 10.8 Å². The molecule has 0 atom stereocenters. The fraction of sp³-hybridized carbons (Fsp3) is 0.714. The summed E-state index contributed by atoms with van der Waals surface area (Å²) in [5.41, 5.74) is 5.03. The number of carbonyl (C=O) groups is 2. The summed E-state index contributed by atoms with van der Waals surface area (Å²) in [6.45, 7) is 0.488. The minimum Gasteiger partial charge on any atom is -0.481 e. The maximum atomic E-state index is 10.6. The number of nitrogens with two attached hydrogens (primary N) is 1. The highest BCUT2D eigenvalue weighted by atomic mass is 16.4. The van der Waals surface area contributed by atoms with Gasteiger partial charge >= 0.3 is 5.97 Å². The summed E-state index contributed by atoms with van der Waals surface area (Å²) in [6, 6.07) is 0. The molecule has 0 aliphatic carbocycles. The van der Waals surface area contributed by atoms with Crippen LogP contribution in [0.3, 0.4) is 0 Å². The Morgan fingerprint density at radius 3 is 2.50 bits per heavy atom. The van der Waals surface area contributed by atoms with E-state index < -0.39 is 5.97 Å². The zero-order valence-electron chi connectivity index (χ0n) is 6.88. The fourth-order valence-corrected chi connectivity index (χ4v) is 0.701. The number of carbonyl (C=O) groups excluding carboxylic acids is 1. The summed E-state index contributed by atoms with van der Waals surface area (Å²) < 4.78 is 0. The van der Waals surface area contributed by atoms with Crippen molar-refractivity contribution in [1.29, 1.82) is 0 Å². The lowest BCUT2D eigenvalue weighted by Gasteiger charge is -2.01. The van der Waals surface area contributed by atoms with Crippen LogP contribution < -0.4 is 11.1 Å². The summed E-state index contributed by atoms with van der Waals surface area (Å²) >= 11 is 0. The van der Waals surface area contributed by atoms with E-state index >= 15 is 0 Å². The summed E-state index contributed by atoms with van der Waals surface area (Å²) in [6.07, 6.45) is 1.41. The van der Waals surface area contributed by atoms with Crippen LogP contribution in [-0.4, -0.2) is 30.1 Å². The molecule has 0 aromatic carbocycles. The SMILES string of the molecule is NCC(=O)NCCCCC(=O)O. The molecular weight excluding hydrogens is 160 g/mol. The third-order valence-corrected chi connectivity index (χ3v) is 1.32. The van der Waals surface area contributed by atoms with E-state index in [1.165, 1.54) is 0 Å². The largest absolute Gasteiger partial charge is 0.481 e. The van der Waals surface area contributed by atoms with E-state index in [1.807, 2.05) is 0 Å². The molecule has 12 heavy (non-hydrogen) atoms. The van der Waals surface area contributed by atoms with Crippen LogP contribution in [0.25, 0.3) is 0 Å². The first-order valence-electron chi connectivity index (χ1n) is 3.85. The molecule has 0 aliphatic heterocycles. The zero-order chi connectivity index (χ0) is 9.40. The molecule has 0 fully saturated rings. The first kappa shape index (κ1) is 10.9. The van der Waals surface area contributed by atoms with Gasteiger partial charge in [0.15, 0.2) is 0 Å². The number of hydrogen-bond donors (Lipinski definition) is 3. The van der Waals surface area contributed by atoms with Crippen molar-refractivity contribution in [3.63, 3.8) is 0 Å². The molecule has 70 valence electrons. The van der Waals surface area contributed by atoms with Crippen molar-refractivity contribution in [3.8, 4) is 0 Å². The second-order valence-electron chi connectivity index (χ2n) is 2.40. The Morgan fingerprint density at radius 1 is 1.33 bits per heavy atom. The minimum absolute atomic E-state index is 0.0149. The Balaban J connectivity index is 3.11. The number of carboxylic acid groups (broad SMARTS) is 1. The summed E-state index contributed by atoms with van der Waals surface area (Å²) in [4.78, 5) is 20.6. The molecule has 0 saturated heterocycles. The second-order valence-corrected chi connectivity index (χ2v) is 2.40. The summed E-state index contributed by atoms with van der Waals surface area (Å²) in [5, 5.41) is 10.8. The van der Waals surface area contributed by atoms with E-state index in [9.17, 15) is 9.59 Å². The Kier molecular flexibility index (Phi) is 6.00. The van der Waals surface area contributed by atoms with E-state index in [-0.39, 0.29) is 18.9 Å². The van der Waals surface area contributed by atoms with E-state index in [0.717, 1.165) is 0 Å². The van der Waals surface area contributed by atoms with Gasteiger partial charge in [-0.1, -0.05) is 0 Å². The molecule has 0 rings (SSSR count). The highest BCUT2D eigenvalue weighted by Crippen LogP contribution is 1.92. The maximum absolute atomic E-state index is 10.6. The second kappa shape index (κ2) is 6.60. The quantitative estimate of drug-likeness (QED) is 0.465. The Morgan fingerprint density at radius 2 is 2.00 bits per heavy atom. The van der Waals surface area contributed by atoms with Crippen molar-refractivity contribution in [2.24, 2.45) is 5.73 Å². The number of carboxylic acids is 1. The smallest absolute Gasteiger partial charge is 0.303 e. The average Bonchev–Trinajstić information content (AvgIpc) is 2.03. The Bertz CT molecular complexity index is 159. The van der Waals surface area contributed by atoms with Crippen LogP contribution in [0, 0.1) is 0 Å². The predicted octanol–water partition coefficient (Wildman–Crippen LogP) is -0.684. The molecule has 0 aliphatic rings. The molecule has 5 heteroatoms. The van der Waals surface area contributed by atoms with Gasteiger partial charge in [-0.05, 0) is 12.8 Å². The topological polar surface area (TPSA) is 92.4 Å². The monoisotopic (exact) mass is 174 g/mol. The molecule has 5 nitrogen and oxygen atoms in total. The molecule has 0 saturated carbocycles. The van der Waals surface area contributed by atoms with Crippen LogP contribution in [0.5, 0.6) is 0 Å². The van der Waals surface area contributed by atoms with Gasteiger partial charge in [0.1, 0.15) is 0 Å². The minimum atomic E-state index is -0.805. The Labute approximate surface area is 70.9 Å². The van der Waals surface area contributed by atoms with Gasteiger partial charge in [0.2, 0.25) is 5.91 Å². The van der Waals surface area contributed by atoms with Crippen molar-refractivity contribution in [2.75, 3.05) is 13.1 Å². The normalized spacial score (nSPS) is 9.42. The van der Waals surface area contributed by atoms with Crippen LogP contribution in [0.15, 0.2) is 0 Å². The highest BCUT2D eigenvalue weighted by Gasteiger charge is 1.97. The lowest BCUT2D eigenvalue weighted by Crippen LogP contribution is -2.30. The van der Waals surface area contributed by atoms with Crippen molar-refractivity contribution in [2.45, 2.75) is 19.3 Å². The number of amides is 1. The molecule has 0 aromatic heterocycles. The summed E-state index contributed by atoms with van der Waals surface area (Å²) in [7, 11) is 0. The molecule has 0 spiro atoms. The fourth-order valence-electron chi connectivity index (χ4n) is 0.701. The molecule has 0 aromatic rings. The average molecular weight is 174 g/mol. The van der Waals surface area contributed by atoms with E-state index in [0.29, 0.717) is 19.4 Å². The molecule has 0 bridgehead atoms. The van der Waals surface area contributed by atoms with Crippen molar-refractivity contribution < 1.29 is 14.7 Å². The molecule has 4 N–H and O–H groups in total. The number of unbranched alkanes of at least 4 members (excludes halogenated alkanes) is 1. The van der Waals surface area contributed by atoms with Crippen LogP contribution >= 0.6 is 0 Å². The van der Waals surface area contributed by atoms with Crippen LogP contribution in [0.4, 0.5) is 0 Å². The number of nitrogens with one attached hydrogen (secondary N) is 1. The third kappa shape index (κ3) is 7.01. The van der Waals surface area contributed by atoms with E-state index in [2.05, 4.69) is 5.32 Å². The van der Waals surface area contributed by atoms with Crippen LogP contribution in [0.2, 0.25) is 0 Å². The van der Waals surface area contributed by atoms with Gasteiger partial charge in [-0.2, -0.15) is 0 Å². The van der Waals surface area contributed by atoms with Gasteiger partial charge in [-0.25, -0.2) is 0 Å². The van der Waals surface area contributed by atoms with Crippen LogP contribution in [0.1, 0.15) is 19.3 Å². The van der Waals surface area contributed by atoms with Gasteiger partial charge in [0, 0.05) is 13.0 Å². The highest BCUT2D eigenvalue weighted by molar-refractivity contribution is 5.77. The molecular formula is C7H14N2O3. The lowest BCUT2D eigenvalue weighted by atomic mass is 10.2. The van der Waals surface area contributed by atoms with E-state index in [1.54, 1.807) is 0 Å². The first-order valence-corrected chi connectivity index (χ1v) is 3.85. The van der Waals surface area contributed by atoms with Crippen LogP contribution in [-0.2, 0) is 9.59 Å². The number of aliphatic carboxylic acids is 1. The molecule has 0 radical (unpaired) electrons. The molecule has 1 amide bonds. The molecule has 0 unspecified atom stereocenters. The standard InChI is InChI=1S/C7H14N2O3/c8-5-6(10)9-4-2-1-3-7(11)12/h1-5,8H2,(H,9,10)(H,11,12). The third-order valence-electron chi connectivity index (χ3n) is 1.32.